The van der Waals surface area contributed by atoms with Crippen LogP contribution in [0.1, 0.15) is 0 Å². The first-order valence-electron chi connectivity index (χ1n) is 6.91. The highest BCUT2D eigenvalue weighted by molar-refractivity contribution is 5.82. The zero-order chi connectivity index (χ0) is 14.9. The molecule has 110 valence electrons. The number of furan rings is 1. The monoisotopic (exact) mass is 295 g/mol. The Balaban J connectivity index is 1.99. The number of hydrogen-bond acceptors (Lipinski definition) is 6. The van der Waals surface area contributed by atoms with Gasteiger partial charge in [-0.2, -0.15) is 0 Å². The highest BCUT2D eigenvalue weighted by Gasteiger charge is 2.15. The van der Waals surface area contributed by atoms with Gasteiger partial charge in [0.15, 0.2) is 17.2 Å². The summed E-state index contributed by atoms with van der Waals surface area (Å²) in [4.78, 5) is 9.07. The summed E-state index contributed by atoms with van der Waals surface area (Å²) in [6, 6.07) is 11.3. The summed E-state index contributed by atoms with van der Waals surface area (Å²) in [5, 5.41) is 16.6. The topological polar surface area (TPSA) is 88.5 Å². The first kappa shape index (κ1) is 12.8. The number of aliphatic hydroxyl groups excluding tert-OH is 1. The number of para-hydroxylation sites is 2. The van der Waals surface area contributed by atoms with Gasteiger partial charge in [-0.05, 0) is 24.3 Å². The molecule has 0 saturated carbocycles. The molecular formula is C15H13N5O2. The third kappa shape index (κ3) is 1.99. The lowest BCUT2D eigenvalue weighted by Crippen LogP contribution is -2.09. The van der Waals surface area contributed by atoms with Gasteiger partial charge in [0.25, 0.3) is 0 Å². The molecule has 0 radical (unpaired) electrons. The Kier molecular flexibility index (Phi) is 2.97. The van der Waals surface area contributed by atoms with Crippen LogP contribution in [-0.4, -0.2) is 37.8 Å². The van der Waals surface area contributed by atoms with Gasteiger partial charge < -0.3 is 14.8 Å². The summed E-state index contributed by atoms with van der Waals surface area (Å²) in [7, 11) is 0. The molecule has 0 spiro atoms. The number of anilines is 1. The van der Waals surface area contributed by atoms with E-state index >= 15 is 0 Å². The van der Waals surface area contributed by atoms with Crippen LogP contribution in [0.15, 0.2) is 47.1 Å². The van der Waals surface area contributed by atoms with E-state index in [0.29, 0.717) is 29.6 Å². The summed E-state index contributed by atoms with van der Waals surface area (Å²) < 4.78 is 7.10. The Bertz CT molecular complexity index is 930. The smallest absolute Gasteiger partial charge is 0.218 e. The lowest BCUT2D eigenvalue weighted by molar-refractivity contribution is 0.311. The van der Waals surface area contributed by atoms with Crippen LogP contribution in [0.25, 0.3) is 28.3 Å². The van der Waals surface area contributed by atoms with E-state index in [-0.39, 0.29) is 6.61 Å². The minimum atomic E-state index is 0.0137. The fourth-order valence-corrected chi connectivity index (χ4v) is 2.34. The van der Waals surface area contributed by atoms with Gasteiger partial charge in [-0.15, -0.1) is 5.10 Å². The van der Waals surface area contributed by atoms with Crippen LogP contribution >= 0.6 is 0 Å². The van der Waals surface area contributed by atoms with Crippen LogP contribution in [-0.2, 0) is 0 Å². The number of nitrogens with zero attached hydrogens (tertiary/aromatic N) is 4. The second kappa shape index (κ2) is 5.12. The van der Waals surface area contributed by atoms with E-state index in [1.165, 1.54) is 0 Å². The number of aliphatic hydroxyl groups is 1. The molecule has 0 aliphatic carbocycles. The molecule has 3 aromatic heterocycles. The van der Waals surface area contributed by atoms with E-state index in [0.717, 1.165) is 11.0 Å². The van der Waals surface area contributed by atoms with Crippen molar-refractivity contribution >= 4 is 22.5 Å². The van der Waals surface area contributed by atoms with E-state index in [4.69, 9.17) is 9.52 Å². The van der Waals surface area contributed by atoms with Crippen molar-refractivity contribution in [3.8, 4) is 11.6 Å². The molecule has 3 heterocycles. The summed E-state index contributed by atoms with van der Waals surface area (Å²) in [5.74, 6) is 1.68. The van der Waals surface area contributed by atoms with Crippen molar-refractivity contribution in [2.45, 2.75) is 0 Å². The van der Waals surface area contributed by atoms with Crippen molar-refractivity contribution in [3.63, 3.8) is 0 Å². The normalized spacial score (nSPS) is 11.3. The molecule has 2 N–H and O–H groups in total. The molecule has 0 aliphatic heterocycles. The Morgan fingerprint density at radius 2 is 2.05 bits per heavy atom. The second-order valence-corrected chi connectivity index (χ2v) is 4.75. The molecule has 22 heavy (non-hydrogen) atoms. The number of fused-ring (bicyclic) bond motifs is 3. The van der Waals surface area contributed by atoms with E-state index in [2.05, 4.69) is 20.4 Å². The summed E-state index contributed by atoms with van der Waals surface area (Å²) in [6.07, 6.45) is 1.59. The van der Waals surface area contributed by atoms with Gasteiger partial charge in [-0.1, -0.05) is 12.1 Å². The fourth-order valence-electron chi connectivity index (χ4n) is 2.34. The highest BCUT2D eigenvalue weighted by Crippen LogP contribution is 2.23. The summed E-state index contributed by atoms with van der Waals surface area (Å²) >= 11 is 0. The van der Waals surface area contributed by atoms with E-state index in [9.17, 15) is 0 Å². The van der Waals surface area contributed by atoms with Crippen molar-refractivity contribution in [2.75, 3.05) is 18.5 Å². The average Bonchev–Trinajstić information content (AvgIpc) is 3.21. The van der Waals surface area contributed by atoms with Crippen molar-refractivity contribution in [2.24, 2.45) is 0 Å². The lowest BCUT2D eigenvalue weighted by Gasteiger charge is -2.07. The Morgan fingerprint density at radius 1 is 1.14 bits per heavy atom. The molecule has 0 saturated heterocycles. The fraction of sp³-hybridized carbons (Fsp3) is 0.133. The zero-order valence-corrected chi connectivity index (χ0v) is 11.6. The third-order valence-electron chi connectivity index (χ3n) is 3.31. The first-order chi connectivity index (χ1) is 10.9. The molecular weight excluding hydrogens is 282 g/mol. The SMILES string of the molecule is OCCNc1nc2ccccc2n2nc(-c3ccco3)nc12. The van der Waals surface area contributed by atoms with E-state index in [1.54, 1.807) is 16.8 Å². The van der Waals surface area contributed by atoms with Crippen molar-refractivity contribution < 1.29 is 9.52 Å². The third-order valence-corrected chi connectivity index (χ3v) is 3.31. The van der Waals surface area contributed by atoms with Gasteiger partial charge in [0.2, 0.25) is 5.82 Å². The predicted octanol–water partition coefficient (Wildman–Crippen LogP) is 1.94. The molecule has 4 rings (SSSR count). The Hall–Kier alpha value is -2.93. The molecule has 4 aromatic rings. The summed E-state index contributed by atoms with van der Waals surface area (Å²) in [5.41, 5.74) is 2.25. The van der Waals surface area contributed by atoms with Gasteiger partial charge in [0, 0.05) is 6.54 Å². The maximum atomic E-state index is 9.02. The maximum Gasteiger partial charge on any atom is 0.218 e. The molecule has 7 heteroatoms. The maximum absolute atomic E-state index is 9.02. The number of rotatable bonds is 4. The van der Waals surface area contributed by atoms with Crippen LogP contribution in [0, 0.1) is 0 Å². The van der Waals surface area contributed by atoms with Gasteiger partial charge in [-0.25, -0.2) is 14.5 Å². The van der Waals surface area contributed by atoms with Crippen LogP contribution in [0.3, 0.4) is 0 Å². The molecule has 1 aromatic carbocycles. The highest BCUT2D eigenvalue weighted by atomic mass is 16.3. The number of hydrogen-bond donors (Lipinski definition) is 2. The number of benzene rings is 1. The summed E-state index contributed by atoms with van der Waals surface area (Å²) in [6.45, 7) is 0.407. The average molecular weight is 295 g/mol. The van der Waals surface area contributed by atoms with Crippen LogP contribution in [0.5, 0.6) is 0 Å². The van der Waals surface area contributed by atoms with Gasteiger partial charge in [0.05, 0.1) is 23.9 Å². The van der Waals surface area contributed by atoms with Crippen molar-refractivity contribution in [1.29, 1.82) is 0 Å². The minimum Gasteiger partial charge on any atom is -0.461 e. The molecule has 0 amide bonds. The number of nitrogens with one attached hydrogen (secondary N) is 1. The standard InChI is InChI=1S/C15H13N5O2/c21-8-7-16-14-15-18-13(12-6-3-9-22-12)19-20(15)11-5-2-1-4-10(11)17-14/h1-6,9,21H,7-8H2,(H,16,17). The van der Waals surface area contributed by atoms with Gasteiger partial charge >= 0.3 is 0 Å². The van der Waals surface area contributed by atoms with Crippen LogP contribution < -0.4 is 5.32 Å². The van der Waals surface area contributed by atoms with Crippen molar-refractivity contribution in [1.82, 2.24) is 19.6 Å². The molecule has 0 bridgehead atoms. The second-order valence-electron chi connectivity index (χ2n) is 4.75. The van der Waals surface area contributed by atoms with Gasteiger partial charge in [-0.3, -0.25) is 0 Å². The van der Waals surface area contributed by atoms with Crippen LogP contribution in [0.2, 0.25) is 0 Å². The van der Waals surface area contributed by atoms with Crippen molar-refractivity contribution in [3.05, 3.63) is 42.7 Å². The van der Waals surface area contributed by atoms with E-state index in [1.807, 2.05) is 30.3 Å². The molecule has 7 nitrogen and oxygen atoms in total. The largest absolute Gasteiger partial charge is 0.461 e. The minimum absolute atomic E-state index is 0.0137. The molecule has 0 fully saturated rings. The molecule has 0 unspecified atom stereocenters. The number of aromatic nitrogens is 4. The quantitative estimate of drug-likeness (QED) is 0.598. The lowest BCUT2D eigenvalue weighted by atomic mass is 10.3. The Labute approximate surface area is 125 Å². The molecule has 0 aliphatic rings. The Morgan fingerprint density at radius 3 is 2.86 bits per heavy atom. The van der Waals surface area contributed by atoms with Crippen LogP contribution in [0.4, 0.5) is 5.82 Å². The first-order valence-corrected chi connectivity index (χ1v) is 6.91. The van der Waals surface area contributed by atoms with Gasteiger partial charge in [0.1, 0.15) is 0 Å². The predicted molar refractivity (Wildman–Crippen MR) is 81.6 cm³/mol. The molecule has 0 atom stereocenters. The van der Waals surface area contributed by atoms with E-state index < -0.39 is 0 Å². The zero-order valence-electron chi connectivity index (χ0n) is 11.6.